The van der Waals surface area contributed by atoms with Gasteiger partial charge in [0.05, 0.1) is 5.33 Å². The molecule has 0 spiro atoms. The molecule has 0 N–H and O–H groups in total. The highest BCUT2D eigenvalue weighted by Gasteiger charge is 1.88. The van der Waals surface area contributed by atoms with Gasteiger partial charge in [0.25, 0.3) is 0 Å². The first-order valence-electron chi connectivity index (χ1n) is 5.60. The van der Waals surface area contributed by atoms with Crippen LogP contribution < -0.4 is 0 Å². The van der Waals surface area contributed by atoms with Crippen molar-refractivity contribution >= 4 is 15.9 Å². The smallest absolute Gasteiger partial charge is 0.0649 e. The number of rotatable bonds is 0. The van der Waals surface area contributed by atoms with Gasteiger partial charge in [0.1, 0.15) is 0 Å². The lowest BCUT2D eigenvalue weighted by molar-refractivity contribution is 1.59. The summed E-state index contributed by atoms with van der Waals surface area (Å²) in [6.45, 7) is 0. The molecule has 0 aliphatic carbocycles. The van der Waals surface area contributed by atoms with Gasteiger partial charge in [0, 0.05) is 16.7 Å². The first-order chi connectivity index (χ1) is 8.88. The molecule has 0 atom stereocenters. The van der Waals surface area contributed by atoms with Crippen LogP contribution >= 0.6 is 15.9 Å². The fourth-order valence-electron chi connectivity index (χ4n) is 1.44. The van der Waals surface area contributed by atoms with Crippen LogP contribution in [0.5, 0.6) is 0 Å². The minimum atomic E-state index is 0.697. The summed E-state index contributed by atoms with van der Waals surface area (Å²) in [6, 6.07) is 17.9. The number of alkyl halides is 1. The highest BCUT2D eigenvalue weighted by atomic mass is 79.9. The van der Waals surface area contributed by atoms with Gasteiger partial charge in [-0.15, -0.1) is 0 Å². The molecule has 0 aliphatic heterocycles. The van der Waals surface area contributed by atoms with Crippen molar-refractivity contribution in [3.63, 3.8) is 0 Å². The molecule has 0 amide bonds. The Morgan fingerprint density at radius 2 is 1.17 bits per heavy atom. The SMILES string of the molecule is BrCC#Cc1ccc(C#Cc2ccccc2)cc1. The molecule has 0 bridgehead atoms. The summed E-state index contributed by atoms with van der Waals surface area (Å²) in [7, 11) is 0. The van der Waals surface area contributed by atoms with Crippen LogP contribution in [0.25, 0.3) is 0 Å². The second kappa shape index (κ2) is 6.70. The largest absolute Gasteiger partial charge is 0.0863 e. The highest BCUT2D eigenvalue weighted by molar-refractivity contribution is 9.09. The number of hydrogen-bond donors (Lipinski definition) is 0. The number of halogens is 1. The van der Waals surface area contributed by atoms with Gasteiger partial charge in [-0.05, 0) is 36.4 Å². The van der Waals surface area contributed by atoms with E-state index in [4.69, 9.17) is 0 Å². The molecule has 18 heavy (non-hydrogen) atoms. The van der Waals surface area contributed by atoms with Crippen LogP contribution in [0.3, 0.4) is 0 Å². The molecule has 0 saturated heterocycles. The van der Waals surface area contributed by atoms with Crippen molar-refractivity contribution in [2.24, 2.45) is 0 Å². The minimum absolute atomic E-state index is 0.697. The fourth-order valence-corrected chi connectivity index (χ4v) is 1.58. The Balaban J connectivity index is 2.14. The summed E-state index contributed by atoms with van der Waals surface area (Å²) in [6.07, 6.45) is 0. The van der Waals surface area contributed by atoms with Gasteiger partial charge in [-0.1, -0.05) is 57.8 Å². The van der Waals surface area contributed by atoms with Gasteiger partial charge in [0.15, 0.2) is 0 Å². The van der Waals surface area contributed by atoms with Crippen molar-refractivity contribution in [3.05, 3.63) is 71.3 Å². The molecular weight excluding hydrogens is 284 g/mol. The molecule has 0 heterocycles. The second-order valence-electron chi connectivity index (χ2n) is 3.63. The lowest BCUT2D eigenvalue weighted by Crippen LogP contribution is -1.78. The van der Waals surface area contributed by atoms with E-state index in [0.717, 1.165) is 16.7 Å². The molecule has 86 valence electrons. The molecule has 0 unspecified atom stereocenters. The van der Waals surface area contributed by atoms with Crippen LogP contribution in [0.2, 0.25) is 0 Å². The molecule has 2 rings (SSSR count). The Bertz CT molecular complexity index is 617. The topological polar surface area (TPSA) is 0 Å². The van der Waals surface area contributed by atoms with Gasteiger partial charge in [-0.2, -0.15) is 0 Å². The summed E-state index contributed by atoms with van der Waals surface area (Å²) >= 11 is 3.28. The number of hydrogen-bond acceptors (Lipinski definition) is 0. The predicted molar refractivity (Wildman–Crippen MR) is 79.5 cm³/mol. The second-order valence-corrected chi connectivity index (χ2v) is 4.19. The van der Waals surface area contributed by atoms with E-state index in [0.29, 0.717) is 5.33 Å². The quantitative estimate of drug-likeness (QED) is 0.512. The third-order valence-electron chi connectivity index (χ3n) is 2.31. The summed E-state index contributed by atoms with van der Waals surface area (Å²) in [4.78, 5) is 0. The van der Waals surface area contributed by atoms with E-state index in [1.165, 1.54) is 0 Å². The molecule has 0 fully saturated rings. The van der Waals surface area contributed by atoms with Crippen molar-refractivity contribution in [1.82, 2.24) is 0 Å². The first kappa shape index (κ1) is 12.5. The van der Waals surface area contributed by atoms with E-state index >= 15 is 0 Å². The van der Waals surface area contributed by atoms with E-state index in [1.54, 1.807) is 0 Å². The maximum Gasteiger partial charge on any atom is 0.0649 e. The maximum absolute atomic E-state index is 3.28. The third-order valence-corrected chi connectivity index (χ3v) is 2.59. The molecule has 0 aromatic heterocycles. The van der Waals surface area contributed by atoms with Crippen LogP contribution in [-0.4, -0.2) is 5.33 Å². The van der Waals surface area contributed by atoms with Crippen molar-refractivity contribution < 1.29 is 0 Å². The zero-order valence-corrected chi connectivity index (χ0v) is 11.4. The Labute approximate surface area is 116 Å². The van der Waals surface area contributed by atoms with E-state index in [2.05, 4.69) is 39.6 Å². The maximum atomic E-state index is 3.28. The fraction of sp³-hybridized carbons (Fsp3) is 0.0588. The Kier molecular flexibility index (Phi) is 4.65. The highest BCUT2D eigenvalue weighted by Crippen LogP contribution is 2.03. The summed E-state index contributed by atoms with van der Waals surface area (Å²) < 4.78 is 0. The normalized spacial score (nSPS) is 8.72. The van der Waals surface area contributed by atoms with Crippen molar-refractivity contribution in [2.75, 3.05) is 5.33 Å². The molecule has 2 aromatic carbocycles. The Hall–Kier alpha value is -1.96. The lowest BCUT2D eigenvalue weighted by atomic mass is 10.1. The summed E-state index contributed by atoms with van der Waals surface area (Å²) in [5.41, 5.74) is 3.05. The zero-order valence-electron chi connectivity index (χ0n) is 9.78. The van der Waals surface area contributed by atoms with Crippen molar-refractivity contribution in [1.29, 1.82) is 0 Å². The average molecular weight is 295 g/mol. The van der Waals surface area contributed by atoms with Crippen LogP contribution in [0.15, 0.2) is 54.6 Å². The Morgan fingerprint density at radius 3 is 1.72 bits per heavy atom. The molecule has 2 aromatic rings. The van der Waals surface area contributed by atoms with Gasteiger partial charge < -0.3 is 0 Å². The summed E-state index contributed by atoms with van der Waals surface area (Å²) in [5, 5.41) is 0.697. The number of benzene rings is 2. The van der Waals surface area contributed by atoms with Crippen LogP contribution in [0, 0.1) is 23.7 Å². The third kappa shape index (κ3) is 3.81. The zero-order chi connectivity index (χ0) is 12.6. The van der Waals surface area contributed by atoms with Gasteiger partial charge in [-0.25, -0.2) is 0 Å². The van der Waals surface area contributed by atoms with Gasteiger partial charge >= 0.3 is 0 Å². The molecule has 0 nitrogen and oxygen atoms in total. The first-order valence-corrected chi connectivity index (χ1v) is 6.72. The standard InChI is InChI=1S/C17H11Br/c18-14-4-7-16-9-12-17(13-10-16)11-8-15-5-2-1-3-6-15/h1-3,5-6,9-10,12-13H,14H2. The molecular formula is C17H11Br. The molecule has 0 saturated carbocycles. The van der Waals surface area contributed by atoms with E-state index < -0.39 is 0 Å². The summed E-state index contributed by atoms with van der Waals surface area (Å²) in [5.74, 6) is 12.3. The van der Waals surface area contributed by atoms with Crippen LogP contribution in [0.1, 0.15) is 16.7 Å². The molecule has 0 aliphatic rings. The van der Waals surface area contributed by atoms with E-state index in [9.17, 15) is 0 Å². The Morgan fingerprint density at radius 1 is 0.667 bits per heavy atom. The van der Waals surface area contributed by atoms with Crippen LogP contribution in [-0.2, 0) is 0 Å². The predicted octanol–water partition coefficient (Wildman–Crippen LogP) is 3.83. The monoisotopic (exact) mass is 294 g/mol. The molecule has 0 radical (unpaired) electrons. The van der Waals surface area contributed by atoms with Gasteiger partial charge in [-0.3, -0.25) is 0 Å². The lowest BCUT2D eigenvalue weighted by Gasteiger charge is -1.92. The minimum Gasteiger partial charge on any atom is -0.0863 e. The van der Waals surface area contributed by atoms with E-state index in [-0.39, 0.29) is 0 Å². The van der Waals surface area contributed by atoms with Crippen molar-refractivity contribution in [3.8, 4) is 23.7 Å². The van der Waals surface area contributed by atoms with Crippen molar-refractivity contribution in [2.45, 2.75) is 0 Å². The molecule has 1 heteroatoms. The van der Waals surface area contributed by atoms with E-state index in [1.807, 2.05) is 54.6 Å². The van der Waals surface area contributed by atoms with Crippen LogP contribution in [0.4, 0.5) is 0 Å². The van der Waals surface area contributed by atoms with Gasteiger partial charge in [0.2, 0.25) is 0 Å². The average Bonchev–Trinajstić information content (AvgIpc) is 2.45.